The van der Waals surface area contributed by atoms with Gasteiger partial charge in [0.15, 0.2) is 6.04 Å². The van der Waals surface area contributed by atoms with Crippen LogP contribution < -0.4 is 0 Å². The predicted octanol–water partition coefficient (Wildman–Crippen LogP) is 1.07. The highest BCUT2D eigenvalue weighted by Crippen LogP contribution is 2.34. The molecule has 22 heavy (non-hydrogen) atoms. The van der Waals surface area contributed by atoms with E-state index < -0.39 is 27.6 Å². The first-order valence-corrected chi connectivity index (χ1v) is 8.61. The molecule has 1 N–H and O–H groups in total. The lowest BCUT2D eigenvalue weighted by Gasteiger charge is -2.28. The standard InChI is InChI=1S/C15H21NO5S/c1-4-21-14(17)13-15(3,18)9-10-16(13)22(19,20)12-7-5-11(2)6-8-12/h5-8,13,18H,4,9-10H2,1-3H3/t13-,15-/m1/s1. The quantitative estimate of drug-likeness (QED) is 0.836. The molecular formula is C15H21NO5S. The summed E-state index contributed by atoms with van der Waals surface area (Å²) in [5.41, 5.74) is -0.501. The van der Waals surface area contributed by atoms with E-state index in [1.807, 2.05) is 6.92 Å². The largest absolute Gasteiger partial charge is 0.465 e. The van der Waals surface area contributed by atoms with Crippen LogP contribution in [0.25, 0.3) is 0 Å². The fraction of sp³-hybridized carbons (Fsp3) is 0.533. The van der Waals surface area contributed by atoms with Crippen molar-refractivity contribution in [2.45, 2.75) is 43.7 Å². The van der Waals surface area contributed by atoms with Crippen molar-refractivity contribution >= 4 is 16.0 Å². The second-order valence-corrected chi connectivity index (χ2v) is 7.58. The molecule has 2 atom stereocenters. The third-order valence-electron chi connectivity index (χ3n) is 3.85. The summed E-state index contributed by atoms with van der Waals surface area (Å²) < 4.78 is 31.5. The van der Waals surface area contributed by atoms with Gasteiger partial charge in [-0.15, -0.1) is 0 Å². The molecule has 0 saturated carbocycles. The number of carbonyl (C=O) groups is 1. The molecule has 1 aromatic rings. The summed E-state index contributed by atoms with van der Waals surface area (Å²) in [4.78, 5) is 12.2. The van der Waals surface area contributed by atoms with Crippen molar-refractivity contribution in [1.29, 1.82) is 0 Å². The van der Waals surface area contributed by atoms with Gasteiger partial charge in [0.25, 0.3) is 0 Å². The van der Waals surface area contributed by atoms with E-state index >= 15 is 0 Å². The number of aryl methyl sites for hydroxylation is 1. The lowest BCUT2D eigenvalue weighted by molar-refractivity contribution is -0.152. The third-order valence-corrected chi connectivity index (χ3v) is 5.73. The lowest BCUT2D eigenvalue weighted by Crippen LogP contribution is -2.51. The van der Waals surface area contributed by atoms with E-state index in [0.29, 0.717) is 0 Å². The average molecular weight is 327 g/mol. The van der Waals surface area contributed by atoms with E-state index in [4.69, 9.17) is 4.74 Å². The van der Waals surface area contributed by atoms with Gasteiger partial charge in [-0.1, -0.05) is 17.7 Å². The minimum atomic E-state index is -3.87. The van der Waals surface area contributed by atoms with Crippen molar-refractivity contribution in [2.75, 3.05) is 13.2 Å². The van der Waals surface area contributed by atoms with Crippen LogP contribution >= 0.6 is 0 Å². The van der Waals surface area contributed by atoms with Gasteiger partial charge in [-0.25, -0.2) is 8.42 Å². The smallest absolute Gasteiger partial charge is 0.327 e. The minimum absolute atomic E-state index is 0.0761. The highest BCUT2D eigenvalue weighted by Gasteiger charge is 2.52. The van der Waals surface area contributed by atoms with Crippen LogP contribution in [0.2, 0.25) is 0 Å². The van der Waals surface area contributed by atoms with E-state index in [1.54, 1.807) is 19.1 Å². The fourth-order valence-corrected chi connectivity index (χ4v) is 4.28. The van der Waals surface area contributed by atoms with Crippen molar-refractivity contribution in [2.24, 2.45) is 0 Å². The average Bonchev–Trinajstić information content (AvgIpc) is 2.76. The van der Waals surface area contributed by atoms with Crippen molar-refractivity contribution < 1.29 is 23.1 Å². The molecule has 0 aliphatic carbocycles. The van der Waals surface area contributed by atoms with Gasteiger partial charge >= 0.3 is 5.97 Å². The van der Waals surface area contributed by atoms with Crippen LogP contribution in [0, 0.1) is 6.92 Å². The number of hydrogen-bond donors (Lipinski definition) is 1. The van der Waals surface area contributed by atoms with Crippen molar-refractivity contribution in [3.63, 3.8) is 0 Å². The van der Waals surface area contributed by atoms with Gasteiger partial charge in [-0.2, -0.15) is 4.31 Å². The number of ether oxygens (including phenoxy) is 1. The van der Waals surface area contributed by atoms with Crippen molar-refractivity contribution in [3.05, 3.63) is 29.8 Å². The molecule has 1 aromatic carbocycles. The Morgan fingerprint density at radius 1 is 1.41 bits per heavy atom. The number of carbonyl (C=O) groups excluding carboxylic acids is 1. The molecule has 1 heterocycles. The Labute approximate surface area is 130 Å². The van der Waals surface area contributed by atoms with Gasteiger partial charge in [-0.05, 0) is 39.3 Å². The van der Waals surface area contributed by atoms with Crippen molar-refractivity contribution in [1.82, 2.24) is 4.31 Å². The summed E-state index contributed by atoms with van der Waals surface area (Å²) in [6.45, 7) is 5.16. The highest BCUT2D eigenvalue weighted by atomic mass is 32.2. The van der Waals surface area contributed by atoms with Crippen LogP contribution in [-0.2, 0) is 19.6 Å². The zero-order valence-electron chi connectivity index (χ0n) is 12.9. The first-order chi connectivity index (χ1) is 10.2. The summed E-state index contributed by atoms with van der Waals surface area (Å²) in [6, 6.07) is 5.17. The maximum absolute atomic E-state index is 12.8. The Morgan fingerprint density at radius 2 is 2.00 bits per heavy atom. The predicted molar refractivity (Wildman–Crippen MR) is 80.7 cm³/mol. The summed E-state index contributed by atoms with van der Waals surface area (Å²) in [7, 11) is -3.87. The molecule has 0 radical (unpaired) electrons. The molecule has 7 heteroatoms. The first kappa shape index (κ1) is 16.9. The van der Waals surface area contributed by atoms with E-state index in [1.165, 1.54) is 19.1 Å². The first-order valence-electron chi connectivity index (χ1n) is 7.17. The Morgan fingerprint density at radius 3 is 2.55 bits per heavy atom. The molecule has 6 nitrogen and oxygen atoms in total. The second kappa shape index (κ2) is 5.98. The molecule has 0 bridgehead atoms. The Balaban J connectivity index is 2.40. The van der Waals surface area contributed by atoms with E-state index in [9.17, 15) is 18.3 Å². The Bertz CT molecular complexity index is 651. The van der Waals surface area contributed by atoms with Gasteiger partial charge < -0.3 is 9.84 Å². The fourth-order valence-electron chi connectivity index (χ4n) is 2.61. The van der Waals surface area contributed by atoms with Crippen LogP contribution in [0.5, 0.6) is 0 Å². The van der Waals surface area contributed by atoms with Gasteiger partial charge in [-0.3, -0.25) is 4.79 Å². The molecule has 0 amide bonds. The summed E-state index contributed by atoms with van der Waals surface area (Å²) in [5, 5.41) is 10.4. The molecule has 2 rings (SSSR count). The monoisotopic (exact) mass is 327 g/mol. The number of sulfonamides is 1. The number of esters is 1. The van der Waals surface area contributed by atoms with Crippen LogP contribution in [0.3, 0.4) is 0 Å². The van der Waals surface area contributed by atoms with Crippen LogP contribution in [0.15, 0.2) is 29.2 Å². The molecule has 122 valence electrons. The van der Waals surface area contributed by atoms with Crippen LogP contribution in [0.1, 0.15) is 25.8 Å². The molecule has 0 unspecified atom stereocenters. The normalized spacial score (nSPS) is 26.1. The molecule has 0 spiro atoms. The molecule has 1 aliphatic rings. The SMILES string of the molecule is CCOC(=O)[C@H]1N(S(=O)(=O)c2ccc(C)cc2)CC[C@@]1(C)O. The number of hydrogen-bond acceptors (Lipinski definition) is 5. The molecule has 0 aromatic heterocycles. The topological polar surface area (TPSA) is 83.9 Å². The maximum atomic E-state index is 12.8. The second-order valence-electron chi connectivity index (χ2n) is 5.69. The summed E-state index contributed by atoms with van der Waals surface area (Å²) >= 11 is 0. The van der Waals surface area contributed by atoms with Crippen molar-refractivity contribution in [3.8, 4) is 0 Å². The Kier molecular flexibility index (Phi) is 4.60. The molecular weight excluding hydrogens is 306 g/mol. The van der Waals surface area contributed by atoms with Crippen LogP contribution in [0.4, 0.5) is 0 Å². The number of nitrogens with zero attached hydrogens (tertiary/aromatic N) is 1. The van der Waals surface area contributed by atoms with Gasteiger partial charge in [0.2, 0.25) is 10.0 Å². The van der Waals surface area contributed by atoms with Gasteiger partial charge in [0.05, 0.1) is 17.1 Å². The van der Waals surface area contributed by atoms with E-state index in [2.05, 4.69) is 0 Å². The zero-order valence-corrected chi connectivity index (χ0v) is 13.8. The van der Waals surface area contributed by atoms with Gasteiger partial charge in [0, 0.05) is 6.54 Å². The Hall–Kier alpha value is -1.44. The molecule has 1 fully saturated rings. The molecule has 1 saturated heterocycles. The highest BCUT2D eigenvalue weighted by molar-refractivity contribution is 7.89. The zero-order chi connectivity index (χ0) is 16.5. The molecule has 1 aliphatic heterocycles. The van der Waals surface area contributed by atoms with Gasteiger partial charge in [0.1, 0.15) is 0 Å². The third kappa shape index (κ3) is 3.02. The number of benzene rings is 1. The summed E-state index contributed by atoms with van der Waals surface area (Å²) in [5.74, 6) is -0.722. The minimum Gasteiger partial charge on any atom is -0.465 e. The lowest BCUT2D eigenvalue weighted by atomic mass is 9.98. The number of aliphatic hydroxyl groups is 1. The van der Waals surface area contributed by atoms with E-state index in [-0.39, 0.29) is 24.5 Å². The van der Waals surface area contributed by atoms with Crippen LogP contribution in [-0.4, -0.2) is 48.6 Å². The van der Waals surface area contributed by atoms with E-state index in [0.717, 1.165) is 9.87 Å². The maximum Gasteiger partial charge on any atom is 0.327 e. The number of rotatable bonds is 4. The summed E-state index contributed by atoms with van der Waals surface area (Å²) in [6.07, 6.45) is 0.182.